The van der Waals surface area contributed by atoms with Gasteiger partial charge in [-0.3, -0.25) is 9.59 Å². The van der Waals surface area contributed by atoms with Crippen molar-refractivity contribution >= 4 is 35.1 Å². The van der Waals surface area contributed by atoms with Crippen molar-refractivity contribution in [3.63, 3.8) is 0 Å². The van der Waals surface area contributed by atoms with E-state index >= 15 is 0 Å². The number of Topliss-reactive ketones (excluding diaryl/α,β-unsaturated/α-hetero) is 1. The monoisotopic (exact) mass is 394 g/mol. The molecule has 0 amide bonds. The second-order valence-corrected chi connectivity index (χ2v) is 7.16. The standard InChI is InChI=1S/C19H19ClO5S/c1-12(26-15-7-4-13(20)5-8-15)19(22)25-11-17(21)16-10-14(23-2)6-9-18(16)24-3/h4-10,12H,11H2,1-3H3/t12-/m1/s1. The summed E-state index contributed by atoms with van der Waals surface area (Å²) in [5, 5.41) is 0.165. The molecule has 0 N–H and O–H groups in total. The van der Waals surface area contributed by atoms with Crippen LogP contribution in [0.3, 0.4) is 0 Å². The van der Waals surface area contributed by atoms with Crippen LogP contribution in [0.15, 0.2) is 47.4 Å². The minimum absolute atomic E-state index is 0.303. The maximum Gasteiger partial charge on any atom is 0.319 e. The van der Waals surface area contributed by atoms with Gasteiger partial charge in [0.2, 0.25) is 5.78 Å². The van der Waals surface area contributed by atoms with Crippen LogP contribution in [-0.4, -0.2) is 37.8 Å². The summed E-state index contributed by atoms with van der Waals surface area (Å²) in [5.41, 5.74) is 0.303. The number of thioether (sulfide) groups is 1. The summed E-state index contributed by atoms with van der Waals surface area (Å²) >= 11 is 7.17. The lowest BCUT2D eigenvalue weighted by Crippen LogP contribution is -2.21. The third-order valence-corrected chi connectivity index (χ3v) is 4.85. The van der Waals surface area contributed by atoms with Gasteiger partial charge < -0.3 is 14.2 Å². The minimum atomic E-state index is -0.472. The number of esters is 1. The first kappa shape index (κ1) is 20.1. The molecule has 0 spiro atoms. The van der Waals surface area contributed by atoms with Gasteiger partial charge in [0.05, 0.1) is 19.8 Å². The highest BCUT2D eigenvalue weighted by molar-refractivity contribution is 8.00. The van der Waals surface area contributed by atoms with E-state index < -0.39 is 11.2 Å². The predicted molar refractivity (Wildman–Crippen MR) is 102 cm³/mol. The Morgan fingerprint density at radius 2 is 1.77 bits per heavy atom. The van der Waals surface area contributed by atoms with Crippen molar-refractivity contribution in [1.29, 1.82) is 0 Å². The Morgan fingerprint density at radius 3 is 2.38 bits per heavy atom. The molecule has 0 saturated heterocycles. The molecule has 0 heterocycles. The zero-order chi connectivity index (χ0) is 19.1. The Labute approximate surface area is 161 Å². The number of ether oxygens (including phenoxy) is 3. The fourth-order valence-corrected chi connectivity index (χ4v) is 3.12. The summed E-state index contributed by atoms with van der Waals surface area (Å²) in [6, 6.07) is 12.0. The second-order valence-electron chi connectivity index (χ2n) is 5.31. The average Bonchev–Trinajstić information content (AvgIpc) is 2.66. The molecular weight excluding hydrogens is 376 g/mol. The van der Waals surface area contributed by atoms with E-state index in [-0.39, 0.29) is 12.4 Å². The Morgan fingerprint density at radius 1 is 1.08 bits per heavy atom. The topological polar surface area (TPSA) is 61.8 Å². The maximum atomic E-state index is 12.4. The van der Waals surface area contributed by atoms with E-state index in [9.17, 15) is 9.59 Å². The molecule has 0 saturated carbocycles. The lowest BCUT2D eigenvalue weighted by atomic mass is 10.1. The van der Waals surface area contributed by atoms with Gasteiger partial charge in [0, 0.05) is 9.92 Å². The summed E-state index contributed by atoms with van der Waals surface area (Å²) in [7, 11) is 2.97. The number of hydrogen-bond donors (Lipinski definition) is 0. The number of carbonyl (C=O) groups excluding carboxylic acids is 2. The van der Waals surface area contributed by atoms with Gasteiger partial charge in [-0.25, -0.2) is 0 Å². The number of hydrogen-bond acceptors (Lipinski definition) is 6. The SMILES string of the molecule is COc1ccc(OC)c(C(=O)COC(=O)[C@@H](C)Sc2ccc(Cl)cc2)c1. The van der Waals surface area contributed by atoms with E-state index in [2.05, 4.69) is 0 Å². The summed E-state index contributed by atoms with van der Waals surface area (Å²) < 4.78 is 15.4. The molecule has 5 nitrogen and oxygen atoms in total. The molecule has 1 atom stereocenters. The van der Waals surface area contributed by atoms with Crippen LogP contribution in [-0.2, 0) is 9.53 Å². The van der Waals surface area contributed by atoms with Crippen LogP contribution >= 0.6 is 23.4 Å². The van der Waals surface area contributed by atoms with Crippen molar-refractivity contribution in [2.75, 3.05) is 20.8 Å². The lowest BCUT2D eigenvalue weighted by molar-refractivity contribution is -0.141. The molecule has 0 fully saturated rings. The van der Waals surface area contributed by atoms with Gasteiger partial charge in [-0.15, -0.1) is 11.8 Å². The van der Waals surface area contributed by atoms with Crippen LogP contribution in [0.5, 0.6) is 11.5 Å². The van der Waals surface area contributed by atoms with Gasteiger partial charge in [-0.1, -0.05) is 11.6 Å². The van der Waals surface area contributed by atoms with Gasteiger partial charge in [0.1, 0.15) is 16.7 Å². The number of halogens is 1. The van der Waals surface area contributed by atoms with Crippen molar-refractivity contribution in [2.24, 2.45) is 0 Å². The van der Waals surface area contributed by atoms with E-state index in [0.29, 0.717) is 22.1 Å². The van der Waals surface area contributed by atoms with Gasteiger partial charge in [0.15, 0.2) is 6.61 Å². The number of rotatable bonds is 8. The molecule has 0 aliphatic rings. The largest absolute Gasteiger partial charge is 0.497 e. The molecule has 2 rings (SSSR count). The van der Waals surface area contributed by atoms with Crippen LogP contribution in [0.1, 0.15) is 17.3 Å². The highest BCUT2D eigenvalue weighted by Crippen LogP contribution is 2.26. The summed E-state index contributed by atoms with van der Waals surface area (Å²) in [4.78, 5) is 25.4. The molecule has 0 aromatic heterocycles. The Hall–Kier alpha value is -2.18. The Kier molecular flexibility index (Phi) is 7.36. The first-order valence-corrected chi connectivity index (χ1v) is 9.04. The molecule has 7 heteroatoms. The quantitative estimate of drug-likeness (QED) is 0.378. The molecule has 138 valence electrons. The molecular formula is C19H19ClO5S. The molecule has 2 aromatic carbocycles. The third kappa shape index (κ3) is 5.41. The van der Waals surface area contributed by atoms with Crippen LogP contribution in [0.2, 0.25) is 5.02 Å². The smallest absolute Gasteiger partial charge is 0.319 e. The van der Waals surface area contributed by atoms with Crippen molar-refractivity contribution in [2.45, 2.75) is 17.1 Å². The molecule has 0 unspecified atom stereocenters. The average molecular weight is 395 g/mol. The maximum absolute atomic E-state index is 12.4. The number of benzene rings is 2. The van der Waals surface area contributed by atoms with Crippen LogP contribution in [0.25, 0.3) is 0 Å². The van der Waals surface area contributed by atoms with Crippen molar-refractivity contribution < 1.29 is 23.8 Å². The highest BCUT2D eigenvalue weighted by atomic mass is 35.5. The second kappa shape index (κ2) is 9.50. The van der Waals surface area contributed by atoms with E-state index in [1.807, 2.05) is 12.1 Å². The van der Waals surface area contributed by atoms with Crippen LogP contribution in [0.4, 0.5) is 0 Å². The third-order valence-electron chi connectivity index (χ3n) is 3.51. The first-order chi connectivity index (χ1) is 12.4. The zero-order valence-electron chi connectivity index (χ0n) is 14.7. The lowest BCUT2D eigenvalue weighted by Gasteiger charge is -2.12. The van der Waals surface area contributed by atoms with Crippen LogP contribution in [0, 0.1) is 0 Å². The van der Waals surface area contributed by atoms with Crippen LogP contribution < -0.4 is 9.47 Å². The fourth-order valence-electron chi connectivity index (χ4n) is 2.13. The van der Waals surface area contributed by atoms with Crippen molar-refractivity contribution in [1.82, 2.24) is 0 Å². The zero-order valence-corrected chi connectivity index (χ0v) is 16.2. The van der Waals surface area contributed by atoms with E-state index in [0.717, 1.165) is 4.90 Å². The summed E-state index contributed by atoms with van der Waals surface area (Å²) in [6.45, 7) is 1.35. The Bertz CT molecular complexity index is 776. The summed E-state index contributed by atoms with van der Waals surface area (Å²) in [6.07, 6.45) is 0. The van der Waals surface area contributed by atoms with Gasteiger partial charge >= 0.3 is 5.97 Å². The molecule has 26 heavy (non-hydrogen) atoms. The predicted octanol–water partition coefficient (Wildman–Crippen LogP) is 4.26. The molecule has 0 aliphatic carbocycles. The molecule has 0 radical (unpaired) electrons. The van der Waals surface area contributed by atoms with E-state index in [4.69, 9.17) is 25.8 Å². The highest BCUT2D eigenvalue weighted by Gasteiger charge is 2.20. The molecule has 0 bridgehead atoms. The number of methoxy groups -OCH3 is 2. The number of carbonyl (C=O) groups is 2. The Balaban J connectivity index is 1.95. The van der Waals surface area contributed by atoms with Crippen molar-refractivity contribution in [3.05, 3.63) is 53.1 Å². The number of ketones is 1. The minimum Gasteiger partial charge on any atom is -0.497 e. The molecule has 2 aromatic rings. The fraction of sp³-hybridized carbons (Fsp3) is 0.263. The van der Waals surface area contributed by atoms with Crippen molar-refractivity contribution in [3.8, 4) is 11.5 Å². The van der Waals surface area contributed by atoms with Gasteiger partial charge in [-0.05, 0) is 49.4 Å². The van der Waals surface area contributed by atoms with Gasteiger partial charge in [-0.2, -0.15) is 0 Å². The first-order valence-electron chi connectivity index (χ1n) is 7.78. The normalized spacial score (nSPS) is 11.5. The van der Waals surface area contributed by atoms with Gasteiger partial charge in [0.25, 0.3) is 0 Å². The summed E-state index contributed by atoms with van der Waals surface area (Å²) in [5.74, 6) is 0.0838. The van der Waals surface area contributed by atoms with E-state index in [1.54, 1.807) is 37.3 Å². The van der Waals surface area contributed by atoms with E-state index in [1.165, 1.54) is 26.0 Å². The molecule has 0 aliphatic heterocycles.